The van der Waals surface area contributed by atoms with Crippen LogP contribution in [0.25, 0.3) is 0 Å². The van der Waals surface area contributed by atoms with Crippen molar-refractivity contribution in [1.82, 2.24) is 4.90 Å². The maximum absolute atomic E-state index is 10.1. The summed E-state index contributed by atoms with van der Waals surface area (Å²) in [7, 11) is 0. The minimum atomic E-state index is 0.416. The molecular weight excluding hydrogens is 190 g/mol. The molecule has 0 bridgehead atoms. The van der Waals surface area contributed by atoms with E-state index in [0.717, 1.165) is 32.7 Å². The largest absolute Gasteiger partial charge is 0.376 e. The van der Waals surface area contributed by atoms with E-state index in [9.17, 15) is 4.79 Å². The molecule has 3 nitrogen and oxygen atoms in total. The van der Waals surface area contributed by atoms with Crippen molar-refractivity contribution in [3.05, 3.63) is 0 Å². The number of hydrogen-bond acceptors (Lipinski definition) is 3. The Balaban J connectivity index is 2.13. The number of hydrogen-bond donors (Lipinski definition) is 0. The van der Waals surface area contributed by atoms with Crippen LogP contribution in [0.1, 0.15) is 39.0 Å². The molecule has 1 atom stereocenters. The Morgan fingerprint density at radius 3 is 3.07 bits per heavy atom. The van der Waals surface area contributed by atoms with Crippen molar-refractivity contribution in [3.63, 3.8) is 0 Å². The summed E-state index contributed by atoms with van der Waals surface area (Å²) in [5.41, 5.74) is 0. The minimum absolute atomic E-state index is 0.416. The summed E-state index contributed by atoms with van der Waals surface area (Å²) in [6.45, 7) is 6.13. The van der Waals surface area contributed by atoms with Crippen LogP contribution in [0.5, 0.6) is 0 Å². The topological polar surface area (TPSA) is 29.5 Å². The molecule has 0 aliphatic carbocycles. The van der Waals surface area contributed by atoms with E-state index in [1.807, 2.05) is 6.29 Å². The van der Waals surface area contributed by atoms with Crippen LogP contribution in [-0.2, 0) is 9.53 Å². The highest BCUT2D eigenvalue weighted by Crippen LogP contribution is 2.12. The Morgan fingerprint density at radius 1 is 1.47 bits per heavy atom. The van der Waals surface area contributed by atoms with E-state index < -0.39 is 0 Å². The number of carbonyl (C=O) groups excluding carboxylic acids is 1. The minimum Gasteiger partial charge on any atom is -0.376 e. The Morgan fingerprint density at radius 2 is 2.33 bits per heavy atom. The van der Waals surface area contributed by atoms with Crippen molar-refractivity contribution in [2.24, 2.45) is 0 Å². The van der Waals surface area contributed by atoms with Gasteiger partial charge in [0.25, 0.3) is 0 Å². The van der Waals surface area contributed by atoms with Crippen LogP contribution in [-0.4, -0.2) is 43.5 Å². The first-order valence-electron chi connectivity index (χ1n) is 6.05. The molecule has 0 amide bonds. The van der Waals surface area contributed by atoms with Crippen LogP contribution in [0.3, 0.4) is 0 Å². The van der Waals surface area contributed by atoms with Crippen molar-refractivity contribution in [2.75, 3.05) is 26.2 Å². The summed E-state index contributed by atoms with van der Waals surface area (Å²) in [6, 6.07) is 0. The molecule has 15 heavy (non-hydrogen) atoms. The van der Waals surface area contributed by atoms with Crippen molar-refractivity contribution in [2.45, 2.75) is 45.1 Å². The fourth-order valence-corrected chi connectivity index (χ4v) is 1.96. The Labute approximate surface area is 92.8 Å². The standard InChI is InChI=1S/C12H22NO2/c1-2-3-6-12-11-13(8-10-15-12)7-4-5-9-14/h12H,2-8,10-11H2,1H3. The number of nitrogens with zero attached hydrogens (tertiary/aromatic N) is 1. The van der Waals surface area contributed by atoms with Crippen molar-refractivity contribution >= 4 is 6.29 Å². The van der Waals surface area contributed by atoms with E-state index in [4.69, 9.17) is 4.74 Å². The lowest BCUT2D eigenvalue weighted by molar-refractivity contribution is -0.0328. The molecule has 1 saturated heterocycles. The third-order valence-corrected chi connectivity index (χ3v) is 2.86. The number of rotatable bonds is 7. The second kappa shape index (κ2) is 7.83. The van der Waals surface area contributed by atoms with Gasteiger partial charge < -0.3 is 4.74 Å². The summed E-state index contributed by atoms with van der Waals surface area (Å²) in [5, 5.41) is 0. The van der Waals surface area contributed by atoms with Gasteiger partial charge in [-0.15, -0.1) is 0 Å². The van der Waals surface area contributed by atoms with E-state index in [-0.39, 0.29) is 0 Å². The maximum Gasteiger partial charge on any atom is 0.198 e. The molecule has 1 heterocycles. The molecule has 1 rings (SSSR count). The van der Waals surface area contributed by atoms with E-state index in [1.165, 1.54) is 19.3 Å². The van der Waals surface area contributed by atoms with Crippen molar-refractivity contribution in [1.29, 1.82) is 0 Å². The molecule has 1 fully saturated rings. The first-order chi connectivity index (χ1) is 7.36. The maximum atomic E-state index is 10.1. The Hall–Kier alpha value is -0.410. The summed E-state index contributed by atoms with van der Waals surface area (Å²) in [5.74, 6) is 0. The molecule has 3 heteroatoms. The van der Waals surface area contributed by atoms with E-state index in [1.54, 1.807) is 0 Å². The molecule has 0 saturated carbocycles. The quantitative estimate of drug-likeness (QED) is 0.602. The molecular formula is C12H22NO2. The smallest absolute Gasteiger partial charge is 0.198 e. The van der Waals surface area contributed by atoms with Gasteiger partial charge in [-0.05, 0) is 19.4 Å². The fraction of sp³-hybridized carbons (Fsp3) is 0.917. The SMILES string of the molecule is CCCCC1CN(CCC[C]=O)CCO1. The highest BCUT2D eigenvalue weighted by molar-refractivity contribution is 5.50. The second-order valence-electron chi connectivity index (χ2n) is 4.18. The van der Waals surface area contributed by atoms with Gasteiger partial charge in [-0.1, -0.05) is 19.8 Å². The molecule has 1 aliphatic rings. The molecule has 0 N–H and O–H groups in total. The lowest BCUT2D eigenvalue weighted by atomic mass is 10.1. The lowest BCUT2D eigenvalue weighted by Crippen LogP contribution is -2.42. The normalized spacial score (nSPS) is 22.9. The van der Waals surface area contributed by atoms with Gasteiger partial charge in [-0.2, -0.15) is 0 Å². The van der Waals surface area contributed by atoms with Crippen LogP contribution in [0.15, 0.2) is 0 Å². The van der Waals surface area contributed by atoms with Crippen LogP contribution in [0, 0.1) is 0 Å². The average Bonchev–Trinajstić information content (AvgIpc) is 2.27. The van der Waals surface area contributed by atoms with Crippen molar-refractivity contribution in [3.8, 4) is 0 Å². The average molecular weight is 212 g/mol. The summed E-state index contributed by atoms with van der Waals surface area (Å²) < 4.78 is 5.70. The van der Waals surface area contributed by atoms with Crippen LogP contribution < -0.4 is 0 Å². The van der Waals surface area contributed by atoms with Gasteiger partial charge in [0.1, 0.15) is 0 Å². The first kappa shape index (κ1) is 12.7. The molecule has 1 unspecified atom stereocenters. The molecule has 0 aromatic rings. The zero-order valence-corrected chi connectivity index (χ0v) is 9.71. The molecule has 1 radical (unpaired) electrons. The number of unbranched alkanes of at least 4 members (excludes halogenated alkanes) is 2. The summed E-state index contributed by atoms with van der Waals surface area (Å²) in [6.07, 6.45) is 7.52. The second-order valence-corrected chi connectivity index (χ2v) is 4.18. The van der Waals surface area contributed by atoms with Crippen LogP contribution in [0.4, 0.5) is 0 Å². The monoisotopic (exact) mass is 212 g/mol. The molecule has 87 valence electrons. The molecule has 0 aromatic carbocycles. The Kier molecular flexibility index (Phi) is 6.60. The van der Waals surface area contributed by atoms with E-state index >= 15 is 0 Å². The van der Waals surface area contributed by atoms with Gasteiger partial charge in [-0.3, -0.25) is 9.69 Å². The molecule has 0 spiro atoms. The van der Waals surface area contributed by atoms with E-state index in [0.29, 0.717) is 12.5 Å². The summed E-state index contributed by atoms with van der Waals surface area (Å²) in [4.78, 5) is 12.5. The molecule has 0 aromatic heterocycles. The van der Waals surface area contributed by atoms with Gasteiger partial charge in [0.2, 0.25) is 0 Å². The fourth-order valence-electron chi connectivity index (χ4n) is 1.96. The molecule has 1 aliphatic heterocycles. The third kappa shape index (κ3) is 5.28. The number of ether oxygens (including phenoxy) is 1. The highest BCUT2D eigenvalue weighted by atomic mass is 16.5. The zero-order chi connectivity index (χ0) is 10.9. The highest BCUT2D eigenvalue weighted by Gasteiger charge is 2.19. The third-order valence-electron chi connectivity index (χ3n) is 2.86. The summed E-state index contributed by atoms with van der Waals surface area (Å²) >= 11 is 0. The van der Waals surface area contributed by atoms with Gasteiger partial charge in [-0.25, -0.2) is 0 Å². The van der Waals surface area contributed by atoms with Crippen molar-refractivity contribution < 1.29 is 9.53 Å². The first-order valence-corrected chi connectivity index (χ1v) is 6.05. The predicted molar refractivity (Wildman–Crippen MR) is 60.6 cm³/mol. The van der Waals surface area contributed by atoms with Gasteiger partial charge >= 0.3 is 0 Å². The van der Waals surface area contributed by atoms with Gasteiger partial charge in [0.15, 0.2) is 6.29 Å². The van der Waals surface area contributed by atoms with Gasteiger partial charge in [0, 0.05) is 19.5 Å². The lowest BCUT2D eigenvalue weighted by Gasteiger charge is -2.32. The predicted octanol–water partition coefficient (Wildman–Crippen LogP) is 1.77. The van der Waals surface area contributed by atoms with Crippen LogP contribution in [0.2, 0.25) is 0 Å². The Bertz CT molecular complexity index is 173. The van der Waals surface area contributed by atoms with Crippen LogP contribution >= 0.6 is 0 Å². The zero-order valence-electron chi connectivity index (χ0n) is 9.71. The number of morpholine rings is 1. The van der Waals surface area contributed by atoms with E-state index in [2.05, 4.69) is 11.8 Å². The van der Waals surface area contributed by atoms with Gasteiger partial charge in [0.05, 0.1) is 12.7 Å².